The van der Waals surface area contributed by atoms with Crippen LogP contribution in [-0.2, 0) is 15.9 Å². The minimum absolute atomic E-state index is 0.0780. The van der Waals surface area contributed by atoms with Gasteiger partial charge in [-0.3, -0.25) is 0 Å². The van der Waals surface area contributed by atoms with Crippen molar-refractivity contribution in [2.24, 2.45) is 0 Å². The summed E-state index contributed by atoms with van der Waals surface area (Å²) in [7, 11) is 5.10. The molecule has 0 saturated carbocycles. The molecule has 2 N–H and O–H groups in total. The third-order valence-corrected chi connectivity index (χ3v) is 4.60. The van der Waals surface area contributed by atoms with Crippen LogP contribution in [0.15, 0.2) is 16.6 Å². The topological polar surface area (TPSA) is 98.4 Å². The molecule has 1 aliphatic rings. The molecule has 2 amide bonds. The first-order valence-electron chi connectivity index (χ1n) is 8.35. The monoisotopic (exact) mass is 445 g/mol. The molecule has 27 heavy (non-hydrogen) atoms. The highest BCUT2D eigenvalue weighted by Gasteiger charge is 2.25. The van der Waals surface area contributed by atoms with Gasteiger partial charge in [0.2, 0.25) is 6.79 Å². The summed E-state index contributed by atoms with van der Waals surface area (Å²) in [6, 6.07) is 3.72. The van der Waals surface area contributed by atoms with E-state index in [2.05, 4.69) is 31.5 Å². The van der Waals surface area contributed by atoms with Crippen molar-refractivity contribution in [2.75, 3.05) is 47.7 Å². The second-order valence-corrected chi connectivity index (χ2v) is 6.87. The Morgan fingerprint density at radius 2 is 1.81 bits per heavy atom. The van der Waals surface area contributed by atoms with E-state index in [-0.39, 0.29) is 6.04 Å². The van der Waals surface area contributed by atoms with Gasteiger partial charge in [0.25, 0.3) is 0 Å². The molecule has 0 atom stereocenters. The lowest BCUT2D eigenvalue weighted by molar-refractivity contribution is 0.0197. The summed E-state index contributed by atoms with van der Waals surface area (Å²) in [5.41, 5.74) is 0.874. The molecule has 1 aromatic rings. The molecule has 0 bridgehead atoms. The van der Waals surface area contributed by atoms with Gasteiger partial charge in [-0.05, 0) is 47.1 Å². The van der Waals surface area contributed by atoms with Crippen molar-refractivity contribution in [2.45, 2.75) is 12.5 Å². The van der Waals surface area contributed by atoms with E-state index in [1.807, 2.05) is 13.1 Å². The van der Waals surface area contributed by atoms with Crippen LogP contribution >= 0.6 is 15.9 Å². The number of alkyl carbamates (subject to hydrolysis) is 2. The van der Waals surface area contributed by atoms with Crippen LogP contribution in [-0.4, -0.2) is 70.8 Å². The summed E-state index contributed by atoms with van der Waals surface area (Å²) < 4.78 is 21.0. The Morgan fingerprint density at radius 3 is 2.44 bits per heavy atom. The van der Waals surface area contributed by atoms with Gasteiger partial charge in [0.05, 0.1) is 24.7 Å². The fraction of sp³-hybridized carbons (Fsp3) is 0.529. The SMILES string of the molecule is COc1cc(CCNC(=O)OCOC(=O)NC2CN(C)C2)c(OC)cc1Br. The zero-order chi connectivity index (χ0) is 19.8. The number of nitrogens with one attached hydrogen (secondary N) is 2. The van der Waals surface area contributed by atoms with E-state index in [1.165, 1.54) is 0 Å². The molecule has 2 rings (SSSR count). The number of hydrogen-bond acceptors (Lipinski definition) is 7. The Labute approximate surface area is 166 Å². The number of benzene rings is 1. The van der Waals surface area contributed by atoms with Gasteiger partial charge in [-0.2, -0.15) is 0 Å². The van der Waals surface area contributed by atoms with Crippen molar-refractivity contribution in [3.63, 3.8) is 0 Å². The minimum atomic E-state index is -0.672. The number of methoxy groups -OCH3 is 2. The molecule has 1 saturated heterocycles. The van der Waals surface area contributed by atoms with Crippen molar-refractivity contribution in [3.8, 4) is 11.5 Å². The lowest BCUT2D eigenvalue weighted by Crippen LogP contribution is -2.57. The first-order chi connectivity index (χ1) is 12.9. The van der Waals surface area contributed by atoms with Gasteiger partial charge in [-0.1, -0.05) is 0 Å². The van der Waals surface area contributed by atoms with Gasteiger partial charge in [-0.15, -0.1) is 0 Å². The van der Waals surface area contributed by atoms with Crippen LogP contribution in [0.3, 0.4) is 0 Å². The molecule has 1 aromatic carbocycles. The molecule has 0 unspecified atom stereocenters. The van der Waals surface area contributed by atoms with Crippen molar-refractivity contribution >= 4 is 28.1 Å². The molecule has 9 nitrogen and oxygen atoms in total. The van der Waals surface area contributed by atoms with Crippen molar-refractivity contribution in [1.29, 1.82) is 0 Å². The lowest BCUT2D eigenvalue weighted by Gasteiger charge is -2.35. The van der Waals surface area contributed by atoms with E-state index in [9.17, 15) is 9.59 Å². The maximum Gasteiger partial charge on any atom is 0.410 e. The number of nitrogens with zero attached hydrogens (tertiary/aromatic N) is 1. The standard InChI is InChI=1S/C17H24BrN3O6/c1-21-8-12(9-21)20-17(23)27-10-26-16(22)19-5-4-11-6-15(25-3)13(18)7-14(11)24-2/h6-7,12H,4-5,8-10H2,1-3H3,(H,19,22)(H,20,23). The van der Waals surface area contributed by atoms with E-state index in [4.69, 9.17) is 18.9 Å². The van der Waals surface area contributed by atoms with E-state index < -0.39 is 19.0 Å². The summed E-state index contributed by atoms with van der Waals surface area (Å²) in [4.78, 5) is 25.2. The Kier molecular flexibility index (Phi) is 7.99. The average molecular weight is 446 g/mol. The predicted molar refractivity (Wildman–Crippen MR) is 101 cm³/mol. The number of rotatable bonds is 8. The van der Waals surface area contributed by atoms with Crippen LogP contribution in [0.2, 0.25) is 0 Å². The molecule has 1 fully saturated rings. The molecule has 10 heteroatoms. The minimum Gasteiger partial charge on any atom is -0.496 e. The zero-order valence-electron chi connectivity index (χ0n) is 15.5. The fourth-order valence-corrected chi connectivity index (χ4v) is 3.09. The normalized spacial score (nSPS) is 14.1. The van der Waals surface area contributed by atoms with Crippen LogP contribution in [0.5, 0.6) is 11.5 Å². The molecule has 150 valence electrons. The number of carbonyl (C=O) groups excluding carboxylic acids is 2. The van der Waals surface area contributed by atoms with E-state index in [1.54, 1.807) is 20.3 Å². The van der Waals surface area contributed by atoms with E-state index in [0.717, 1.165) is 23.1 Å². The van der Waals surface area contributed by atoms with E-state index in [0.29, 0.717) is 24.5 Å². The first kappa shape index (κ1) is 21.1. The van der Waals surface area contributed by atoms with Gasteiger partial charge in [0, 0.05) is 19.6 Å². The van der Waals surface area contributed by atoms with Crippen LogP contribution in [0, 0.1) is 0 Å². The quantitative estimate of drug-likeness (QED) is 0.587. The summed E-state index contributed by atoms with van der Waals surface area (Å²) >= 11 is 3.40. The van der Waals surface area contributed by atoms with Crippen LogP contribution in [0.4, 0.5) is 9.59 Å². The maximum atomic E-state index is 11.7. The number of halogens is 1. The molecule has 0 aromatic heterocycles. The molecule has 1 heterocycles. The molecule has 0 spiro atoms. The third-order valence-electron chi connectivity index (χ3n) is 3.98. The highest BCUT2D eigenvalue weighted by Crippen LogP contribution is 2.32. The summed E-state index contributed by atoms with van der Waals surface area (Å²) in [5.74, 6) is 1.35. The molecular weight excluding hydrogens is 422 g/mol. The highest BCUT2D eigenvalue weighted by molar-refractivity contribution is 9.10. The number of likely N-dealkylation sites (tertiary alicyclic amines) is 1. The van der Waals surface area contributed by atoms with Crippen molar-refractivity contribution < 1.29 is 28.5 Å². The number of hydrogen-bond donors (Lipinski definition) is 2. The van der Waals surface area contributed by atoms with Gasteiger partial charge in [0.15, 0.2) is 0 Å². The largest absolute Gasteiger partial charge is 0.496 e. The lowest BCUT2D eigenvalue weighted by atomic mass is 10.1. The smallest absolute Gasteiger partial charge is 0.410 e. The van der Waals surface area contributed by atoms with E-state index >= 15 is 0 Å². The average Bonchev–Trinajstić information content (AvgIpc) is 2.61. The Balaban J connectivity index is 1.66. The summed E-state index contributed by atoms with van der Waals surface area (Å²) in [6.07, 6.45) is -0.764. The highest BCUT2D eigenvalue weighted by atomic mass is 79.9. The second-order valence-electron chi connectivity index (χ2n) is 6.02. The van der Waals surface area contributed by atoms with Crippen LogP contribution in [0.1, 0.15) is 5.56 Å². The predicted octanol–water partition coefficient (Wildman–Crippen LogP) is 1.73. The zero-order valence-corrected chi connectivity index (χ0v) is 17.1. The molecule has 1 aliphatic heterocycles. The number of carbonyl (C=O) groups is 2. The van der Waals surface area contributed by atoms with Crippen LogP contribution < -0.4 is 20.1 Å². The van der Waals surface area contributed by atoms with Gasteiger partial charge >= 0.3 is 12.2 Å². The van der Waals surface area contributed by atoms with Crippen molar-refractivity contribution in [1.82, 2.24) is 15.5 Å². The van der Waals surface area contributed by atoms with Crippen molar-refractivity contribution in [3.05, 3.63) is 22.2 Å². The summed E-state index contributed by atoms with van der Waals surface area (Å²) in [5, 5.41) is 5.26. The molecule has 0 aliphatic carbocycles. The Hall–Kier alpha value is -2.20. The number of likely N-dealkylation sites (N-methyl/N-ethyl adjacent to an activating group) is 1. The maximum absolute atomic E-state index is 11.7. The molecular formula is C17H24BrN3O6. The van der Waals surface area contributed by atoms with Gasteiger partial charge in [0.1, 0.15) is 11.5 Å². The second kappa shape index (κ2) is 10.2. The summed E-state index contributed by atoms with van der Waals surface area (Å²) in [6.45, 7) is 1.43. The van der Waals surface area contributed by atoms with Gasteiger partial charge < -0.3 is 34.5 Å². The first-order valence-corrected chi connectivity index (χ1v) is 9.15. The Morgan fingerprint density at radius 1 is 1.15 bits per heavy atom. The third kappa shape index (κ3) is 6.47. The van der Waals surface area contributed by atoms with Crippen LogP contribution in [0.25, 0.3) is 0 Å². The molecule has 0 radical (unpaired) electrons. The number of ether oxygens (including phenoxy) is 4. The fourth-order valence-electron chi connectivity index (χ4n) is 2.60. The van der Waals surface area contributed by atoms with Gasteiger partial charge in [-0.25, -0.2) is 9.59 Å². The Bertz CT molecular complexity index is 666. The number of amides is 2.